The second-order valence-corrected chi connectivity index (χ2v) is 4.07. The first-order chi connectivity index (χ1) is 7.74. The van der Waals surface area contributed by atoms with Crippen molar-refractivity contribution in [3.63, 3.8) is 0 Å². The lowest BCUT2D eigenvalue weighted by Crippen LogP contribution is -2.25. The molecule has 0 saturated carbocycles. The zero-order valence-electron chi connectivity index (χ0n) is 10.5. The van der Waals surface area contributed by atoms with Crippen molar-refractivity contribution in [3.8, 4) is 6.07 Å². The van der Waals surface area contributed by atoms with E-state index in [4.69, 9.17) is 0 Å². The lowest BCUT2D eigenvalue weighted by Gasteiger charge is -2.25. The summed E-state index contributed by atoms with van der Waals surface area (Å²) in [7, 11) is 0. The molecule has 0 bridgehead atoms. The van der Waals surface area contributed by atoms with Crippen molar-refractivity contribution in [2.75, 3.05) is 18.0 Å². The van der Waals surface area contributed by atoms with Crippen LogP contribution in [0.4, 0.5) is 5.69 Å². The van der Waals surface area contributed by atoms with Gasteiger partial charge >= 0.3 is 0 Å². The predicted octanol–water partition coefficient (Wildman–Crippen LogP) is 3.49. The maximum atomic E-state index is 9.21. The Bertz CT molecular complexity index is 371. The fourth-order valence-electron chi connectivity index (χ4n) is 1.95. The molecular formula is C14H20N2. The quantitative estimate of drug-likeness (QED) is 0.753. The number of anilines is 1. The van der Waals surface area contributed by atoms with Crippen molar-refractivity contribution in [2.24, 2.45) is 0 Å². The molecule has 0 aromatic heterocycles. The topological polar surface area (TPSA) is 27.0 Å². The highest BCUT2D eigenvalue weighted by Crippen LogP contribution is 2.23. The minimum atomic E-state index is 0.824. The fraction of sp³-hybridized carbons (Fsp3) is 0.500. The SMILES string of the molecule is CCCN(CCC)c1cccc(C)c1C#N. The second-order valence-electron chi connectivity index (χ2n) is 4.07. The molecule has 86 valence electrons. The van der Waals surface area contributed by atoms with Gasteiger partial charge in [0.05, 0.1) is 11.3 Å². The molecule has 1 aromatic carbocycles. The summed E-state index contributed by atoms with van der Waals surface area (Å²) in [6.07, 6.45) is 2.22. The van der Waals surface area contributed by atoms with Gasteiger partial charge in [-0.25, -0.2) is 0 Å². The van der Waals surface area contributed by atoms with E-state index < -0.39 is 0 Å². The molecule has 0 unspecified atom stereocenters. The summed E-state index contributed by atoms with van der Waals surface area (Å²) in [4.78, 5) is 2.31. The summed E-state index contributed by atoms with van der Waals surface area (Å²) >= 11 is 0. The molecule has 1 aromatic rings. The van der Waals surface area contributed by atoms with Gasteiger partial charge in [-0.3, -0.25) is 0 Å². The van der Waals surface area contributed by atoms with Gasteiger partial charge in [0, 0.05) is 13.1 Å². The van der Waals surface area contributed by atoms with Gasteiger partial charge in [0.25, 0.3) is 0 Å². The highest BCUT2D eigenvalue weighted by Gasteiger charge is 2.11. The Kier molecular flexibility index (Phi) is 4.85. The second kappa shape index (κ2) is 6.17. The summed E-state index contributed by atoms with van der Waals surface area (Å²) in [5.74, 6) is 0. The summed E-state index contributed by atoms with van der Waals surface area (Å²) in [6, 6.07) is 8.40. The number of hydrogen-bond acceptors (Lipinski definition) is 2. The Morgan fingerprint density at radius 2 is 1.81 bits per heavy atom. The lowest BCUT2D eigenvalue weighted by atomic mass is 10.1. The normalized spacial score (nSPS) is 9.88. The molecular weight excluding hydrogens is 196 g/mol. The molecule has 0 radical (unpaired) electrons. The number of benzene rings is 1. The van der Waals surface area contributed by atoms with Crippen LogP contribution in [0.25, 0.3) is 0 Å². The van der Waals surface area contributed by atoms with E-state index in [2.05, 4.69) is 30.9 Å². The van der Waals surface area contributed by atoms with Gasteiger partial charge < -0.3 is 4.90 Å². The van der Waals surface area contributed by atoms with E-state index in [1.807, 2.05) is 19.1 Å². The van der Waals surface area contributed by atoms with E-state index in [1.54, 1.807) is 0 Å². The lowest BCUT2D eigenvalue weighted by molar-refractivity contribution is 0.743. The molecule has 0 amide bonds. The molecule has 0 fully saturated rings. The van der Waals surface area contributed by atoms with Gasteiger partial charge in [-0.05, 0) is 31.4 Å². The van der Waals surface area contributed by atoms with E-state index in [1.165, 1.54) is 0 Å². The Morgan fingerprint density at radius 1 is 1.19 bits per heavy atom. The van der Waals surface area contributed by atoms with Crippen LogP contribution in [0.5, 0.6) is 0 Å². The van der Waals surface area contributed by atoms with Crippen LogP contribution < -0.4 is 4.90 Å². The molecule has 2 nitrogen and oxygen atoms in total. The van der Waals surface area contributed by atoms with Crippen molar-refractivity contribution in [3.05, 3.63) is 29.3 Å². The molecule has 0 spiro atoms. The summed E-state index contributed by atoms with van der Waals surface area (Å²) in [5, 5.41) is 9.21. The molecule has 0 N–H and O–H groups in total. The summed E-state index contributed by atoms with van der Waals surface area (Å²) in [5.41, 5.74) is 2.98. The first-order valence-corrected chi connectivity index (χ1v) is 5.99. The van der Waals surface area contributed by atoms with Crippen LogP contribution in [0.3, 0.4) is 0 Å². The van der Waals surface area contributed by atoms with Crippen molar-refractivity contribution in [2.45, 2.75) is 33.6 Å². The smallest absolute Gasteiger partial charge is 0.102 e. The molecule has 0 atom stereocenters. The number of nitriles is 1. The monoisotopic (exact) mass is 216 g/mol. The van der Waals surface area contributed by atoms with Crippen LogP contribution in [0.15, 0.2) is 18.2 Å². The number of hydrogen-bond donors (Lipinski definition) is 0. The Balaban J connectivity index is 3.08. The number of nitrogens with zero attached hydrogens (tertiary/aromatic N) is 2. The molecule has 0 aliphatic carbocycles. The minimum absolute atomic E-state index is 0.824. The molecule has 16 heavy (non-hydrogen) atoms. The first-order valence-electron chi connectivity index (χ1n) is 5.99. The summed E-state index contributed by atoms with van der Waals surface area (Å²) in [6.45, 7) is 8.38. The van der Waals surface area contributed by atoms with Crippen molar-refractivity contribution in [1.29, 1.82) is 5.26 Å². The average Bonchev–Trinajstić information content (AvgIpc) is 2.28. The minimum Gasteiger partial charge on any atom is -0.370 e. The molecule has 2 heteroatoms. The zero-order chi connectivity index (χ0) is 12.0. The van der Waals surface area contributed by atoms with Crippen LogP contribution in [0.1, 0.15) is 37.8 Å². The van der Waals surface area contributed by atoms with E-state index in [9.17, 15) is 5.26 Å². The molecule has 0 aliphatic rings. The fourth-order valence-corrected chi connectivity index (χ4v) is 1.95. The van der Waals surface area contributed by atoms with Gasteiger partial charge in [0.2, 0.25) is 0 Å². The van der Waals surface area contributed by atoms with E-state index >= 15 is 0 Å². The van der Waals surface area contributed by atoms with Crippen LogP contribution in [0, 0.1) is 18.3 Å². The van der Waals surface area contributed by atoms with Crippen LogP contribution in [0.2, 0.25) is 0 Å². The Labute approximate surface area is 98.5 Å². The molecule has 1 rings (SSSR count). The number of rotatable bonds is 5. The van der Waals surface area contributed by atoms with Crippen molar-refractivity contribution >= 4 is 5.69 Å². The molecule has 0 heterocycles. The third-order valence-corrected chi connectivity index (χ3v) is 2.69. The Morgan fingerprint density at radius 3 is 2.31 bits per heavy atom. The average molecular weight is 216 g/mol. The summed E-state index contributed by atoms with van der Waals surface area (Å²) < 4.78 is 0. The van der Waals surface area contributed by atoms with E-state index in [0.29, 0.717) is 0 Å². The van der Waals surface area contributed by atoms with Gasteiger partial charge in [-0.15, -0.1) is 0 Å². The standard InChI is InChI=1S/C14H20N2/c1-4-9-16(10-5-2)14-8-6-7-12(3)13(14)11-15/h6-8H,4-5,9-10H2,1-3H3. The third-order valence-electron chi connectivity index (χ3n) is 2.69. The van der Waals surface area contributed by atoms with Crippen molar-refractivity contribution in [1.82, 2.24) is 0 Å². The van der Waals surface area contributed by atoms with Crippen LogP contribution in [-0.4, -0.2) is 13.1 Å². The predicted molar refractivity (Wildman–Crippen MR) is 68.7 cm³/mol. The van der Waals surface area contributed by atoms with Gasteiger partial charge in [0.15, 0.2) is 0 Å². The van der Waals surface area contributed by atoms with Crippen LogP contribution >= 0.6 is 0 Å². The van der Waals surface area contributed by atoms with Crippen LogP contribution in [-0.2, 0) is 0 Å². The zero-order valence-corrected chi connectivity index (χ0v) is 10.5. The third kappa shape index (κ3) is 2.76. The maximum Gasteiger partial charge on any atom is 0.102 e. The Hall–Kier alpha value is -1.49. The first kappa shape index (κ1) is 12.6. The highest BCUT2D eigenvalue weighted by atomic mass is 15.1. The van der Waals surface area contributed by atoms with Gasteiger partial charge in [-0.2, -0.15) is 5.26 Å². The van der Waals surface area contributed by atoms with E-state index in [-0.39, 0.29) is 0 Å². The maximum absolute atomic E-state index is 9.21. The molecule has 0 aliphatic heterocycles. The van der Waals surface area contributed by atoms with Gasteiger partial charge in [-0.1, -0.05) is 26.0 Å². The molecule has 0 saturated heterocycles. The highest BCUT2D eigenvalue weighted by molar-refractivity contribution is 5.62. The largest absolute Gasteiger partial charge is 0.370 e. The number of aryl methyl sites for hydroxylation is 1. The van der Waals surface area contributed by atoms with Crippen molar-refractivity contribution < 1.29 is 0 Å². The van der Waals surface area contributed by atoms with E-state index in [0.717, 1.165) is 42.7 Å². The van der Waals surface area contributed by atoms with Gasteiger partial charge in [0.1, 0.15) is 6.07 Å².